The van der Waals surface area contributed by atoms with Crippen LogP contribution >= 0.6 is 23.1 Å². The van der Waals surface area contributed by atoms with Crippen molar-refractivity contribution in [2.45, 2.75) is 4.90 Å². The van der Waals surface area contributed by atoms with E-state index in [-0.39, 0.29) is 0 Å². The number of hydrogen-bond donors (Lipinski definition) is 0. The average molecular weight is 795 g/mol. The highest BCUT2D eigenvalue weighted by Gasteiger charge is 2.25. The molecule has 0 N–H and O–H groups in total. The summed E-state index contributed by atoms with van der Waals surface area (Å²) in [7, 11) is -1.50. The molecule has 8 rings (SSSR count). The first-order valence-electron chi connectivity index (χ1n) is 17.5. The highest BCUT2D eigenvalue weighted by Crippen LogP contribution is 2.47. The van der Waals surface area contributed by atoms with Crippen LogP contribution in [0.1, 0.15) is 16.0 Å². The average Bonchev–Trinajstić information content (AvgIpc) is 3.22. The van der Waals surface area contributed by atoms with Crippen LogP contribution in [0.2, 0.25) is 0 Å². The summed E-state index contributed by atoms with van der Waals surface area (Å²) in [6.45, 7) is 0. The van der Waals surface area contributed by atoms with E-state index in [2.05, 4.69) is 158 Å². The van der Waals surface area contributed by atoms with Gasteiger partial charge in [-0.1, -0.05) is 127 Å². The molecular formula is C47H35ClO6S2. The Balaban J connectivity index is 0.000000905. The Kier molecular flexibility index (Phi) is 12.1. The summed E-state index contributed by atoms with van der Waals surface area (Å²) in [6.07, 6.45) is 9.08. The third-order valence-corrected chi connectivity index (χ3v) is 11.4. The lowest BCUT2D eigenvalue weighted by atomic mass is 9.92. The van der Waals surface area contributed by atoms with Crippen LogP contribution in [-0.2, 0) is 0 Å². The van der Waals surface area contributed by atoms with Gasteiger partial charge in [-0.05, 0) is 81.9 Å². The van der Waals surface area contributed by atoms with Gasteiger partial charge in [-0.3, -0.25) is 0 Å². The van der Waals surface area contributed by atoms with E-state index in [9.17, 15) is 0 Å². The van der Waals surface area contributed by atoms with E-state index in [1.165, 1.54) is 52.6 Å². The van der Waals surface area contributed by atoms with Crippen molar-refractivity contribution in [2.75, 3.05) is 14.2 Å². The van der Waals surface area contributed by atoms with Crippen molar-refractivity contribution in [1.82, 2.24) is 0 Å². The summed E-state index contributed by atoms with van der Waals surface area (Å²) in [6, 6.07) is 53.5. The molecule has 0 atom stereocenters. The van der Waals surface area contributed by atoms with Gasteiger partial charge in [-0.25, -0.2) is 18.6 Å². The van der Waals surface area contributed by atoms with E-state index in [1.54, 1.807) is 14.2 Å². The van der Waals surface area contributed by atoms with Crippen molar-refractivity contribution < 1.29 is 38.4 Å². The van der Waals surface area contributed by atoms with Crippen molar-refractivity contribution in [3.8, 4) is 44.9 Å². The first-order chi connectivity index (χ1) is 27.2. The fourth-order valence-corrected chi connectivity index (χ4v) is 8.83. The van der Waals surface area contributed by atoms with Gasteiger partial charge in [0.15, 0.2) is 0 Å². The summed E-state index contributed by atoms with van der Waals surface area (Å²) in [4.78, 5) is 3.64. The van der Waals surface area contributed by atoms with Gasteiger partial charge in [0.2, 0.25) is 20.9 Å². The number of benzene rings is 6. The SMILES string of the molecule is COc1ccc(-c2c(-c3ccccc3)c(C=CC=C3Sc4ccccc4C=C3c3ccc(OC)c(-c4ccccc4)c3)[s+]c3ccccc23)cc1.[O-][Cl+3]([O-])([O-])[O-]. The zero-order valence-electron chi connectivity index (χ0n) is 30.4. The maximum absolute atomic E-state index is 8.49. The van der Waals surface area contributed by atoms with Crippen molar-refractivity contribution in [2.24, 2.45) is 0 Å². The fourth-order valence-electron chi connectivity index (χ4n) is 6.64. The number of methoxy groups -OCH3 is 2. The van der Waals surface area contributed by atoms with Crippen molar-refractivity contribution in [1.29, 1.82) is 0 Å². The van der Waals surface area contributed by atoms with Gasteiger partial charge in [0.25, 0.3) is 0 Å². The fraction of sp³-hybridized carbons (Fsp3) is 0.0426. The first kappa shape index (κ1) is 38.7. The molecule has 0 unspecified atom stereocenters. The molecule has 56 heavy (non-hydrogen) atoms. The third-order valence-electron chi connectivity index (χ3n) is 9.11. The van der Waals surface area contributed by atoms with Crippen molar-refractivity contribution in [3.63, 3.8) is 0 Å². The number of rotatable bonds is 8. The number of allylic oxidation sites excluding steroid dienone is 3. The van der Waals surface area contributed by atoms with E-state index < -0.39 is 10.2 Å². The Morgan fingerprint density at radius 1 is 0.607 bits per heavy atom. The standard InChI is InChI=1S/C47H35O2S2.ClHO4/c1-48-37-27-24-34(25-28-37)46-38-19-10-12-21-43(38)51-45(47(46)33-16-7-4-8-17-33)23-13-22-44-40(31-36-18-9-11-20-42(36)50-44)35-26-29-41(49-2)39(30-35)32-14-5-3-6-15-32;2-1(3,4)5/h3-31H,1-2H3;(H,2,3,4,5)/q+1;/p-1. The molecule has 1 aliphatic heterocycles. The zero-order valence-corrected chi connectivity index (χ0v) is 32.8. The summed E-state index contributed by atoms with van der Waals surface area (Å²) in [5.41, 5.74) is 10.6. The third kappa shape index (κ3) is 9.11. The van der Waals surface area contributed by atoms with Gasteiger partial charge in [0.05, 0.1) is 19.8 Å². The molecule has 0 amide bonds. The molecule has 6 aromatic carbocycles. The Hall–Kier alpha value is -5.55. The summed E-state index contributed by atoms with van der Waals surface area (Å²) < 4.78 is 46.5. The number of halogens is 1. The molecule has 0 saturated heterocycles. The van der Waals surface area contributed by atoms with Gasteiger partial charge in [0.1, 0.15) is 11.5 Å². The van der Waals surface area contributed by atoms with Crippen LogP contribution < -0.4 is 28.1 Å². The molecule has 278 valence electrons. The van der Waals surface area contributed by atoms with Crippen LogP contribution in [0.4, 0.5) is 0 Å². The molecule has 0 spiro atoms. The maximum atomic E-state index is 8.49. The van der Waals surface area contributed by atoms with Crippen LogP contribution in [-0.4, -0.2) is 14.2 Å². The zero-order chi connectivity index (χ0) is 39.1. The summed E-state index contributed by atoms with van der Waals surface area (Å²) >= 11 is 3.64. The second-order valence-corrected chi connectivity index (χ2v) is 15.5. The second-order valence-electron chi connectivity index (χ2n) is 12.6. The van der Waals surface area contributed by atoms with Crippen molar-refractivity contribution >= 4 is 50.9 Å². The molecule has 7 aromatic rings. The van der Waals surface area contributed by atoms with Crippen LogP contribution in [0.5, 0.6) is 11.5 Å². The van der Waals surface area contributed by atoms with Crippen LogP contribution in [0, 0.1) is 10.2 Å². The number of hydrogen-bond acceptors (Lipinski definition) is 7. The minimum Gasteiger partial charge on any atom is -0.497 e. The van der Waals surface area contributed by atoms with E-state index in [0.717, 1.165) is 33.8 Å². The number of ether oxygens (including phenoxy) is 2. The van der Waals surface area contributed by atoms with Crippen LogP contribution in [0.15, 0.2) is 174 Å². The summed E-state index contributed by atoms with van der Waals surface area (Å²) in [5.74, 6) is 1.71. The van der Waals surface area contributed by atoms with Gasteiger partial charge in [0, 0.05) is 38.5 Å². The van der Waals surface area contributed by atoms with E-state index in [0.29, 0.717) is 0 Å². The highest BCUT2D eigenvalue weighted by atomic mass is 35.7. The molecule has 6 nitrogen and oxygen atoms in total. The Morgan fingerprint density at radius 3 is 1.91 bits per heavy atom. The van der Waals surface area contributed by atoms with Crippen LogP contribution in [0.25, 0.3) is 61.2 Å². The largest absolute Gasteiger partial charge is 0.497 e. The van der Waals surface area contributed by atoms with Gasteiger partial charge in [-0.15, -0.1) is 10.2 Å². The van der Waals surface area contributed by atoms with Gasteiger partial charge in [-0.2, -0.15) is 0 Å². The van der Waals surface area contributed by atoms with E-state index >= 15 is 0 Å². The predicted molar refractivity (Wildman–Crippen MR) is 219 cm³/mol. The molecule has 0 bridgehead atoms. The minimum atomic E-state index is -4.94. The molecule has 0 saturated carbocycles. The molecular weight excluding hydrogens is 760 g/mol. The molecule has 0 radical (unpaired) electrons. The molecule has 0 fully saturated rings. The van der Waals surface area contributed by atoms with Crippen LogP contribution in [0.3, 0.4) is 0 Å². The summed E-state index contributed by atoms with van der Waals surface area (Å²) in [5, 5.41) is 1.24. The smallest absolute Gasteiger partial charge is 0.239 e. The lowest BCUT2D eigenvalue weighted by molar-refractivity contribution is -2.00. The maximum Gasteiger partial charge on any atom is 0.239 e. The van der Waals surface area contributed by atoms with Crippen molar-refractivity contribution in [3.05, 3.63) is 185 Å². The van der Waals surface area contributed by atoms with Gasteiger partial charge >= 0.3 is 0 Å². The molecule has 1 aliphatic rings. The normalized spacial score (nSPS) is 13.2. The topological polar surface area (TPSA) is 111 Å². The Labute approximate surface area is 336 Å². The monoisotopic (exact) mass is 794 g/mol. The lowest BCUT2D eigenvalue weighted by Gasteiger charge is -2.20. The first-order valence-corrected chi connectivity index (χ1v) is 20.4. The molecule has 1 aromatic heterocycles. The molecule has 2 heterocycles. The van der Waals surface area contributed by atoms with Gasteiger partial charge < -0.3 is 9.47 Å². The number of thioether (sulfide) groups is 1. The molecule has 0 aliphatic carbocycles. The quantitative estimate of drug-likeness (QED) is 0.142. The predicted octanol–water partition coefficient (Wildman–Crippen LogP) is 8.69. The minimum absolute atomic E-state index is 0.845. The highest BCUT2D eigenvalue weighted by molar-refractivity contribution is 8.03. The van der Waals surface area contributed by atoms with E-state index in [4.69, 9.17) is 28.1 Å². The Morgan fingerprint density at radius 2 is 1.21 bits per heavy atom. The van der Waals surface area contributed by atoms with E-state index in [1.807, 2.05) is 41.3 Å². The lowest BCUT2D eigenvalue weighted by Crippen LogP contribution is -2.68. The second kappa shape index (κ2) is 17.5. The molecule has 9 heteroatoms. The number of fused-ring (bicyclic) bond motifs is 2. The Bertz CT molecular complexity index is 2560.